The van der Waals surface area contributed by atoms with Crippen molar-refractivity contribution in [2.75, 3.05) is 5.32 Å². The lowest BCUT2D eigenvalue weighted by Gasteiger charge is -2.09. The van der Waals surface area contributed by atoms with E-state index in [0.29, 0.717) is 5.69 Å². The van der Waals surface area contributed by atoms with Gasteiger partial charge in [-0.25, -0.2) is 9.37 Å². The number of amides is 1. The Hall–Kier alpha value is -1.65. The predicted octanol–water partition coefficient (Wildman–Crippen LogP) is 4.09. The van der Waals surface area contributed by atoms with Crippen LogP contribution in [0.3, 0.4) is 0 Å². The van der Waals surface area contributed by atoms with Crippen molar-refractivity contribution < 1.29 is 9.18 Å². The maximum atomic E-state index is 13.0. The van der Waals surface area contributed by atoms with E-state index >= 15 is 0 Å². The summed E-state index contributed by atoms with van der Waals surface area (Å²) in [6, 6.07) is 5.45. The van der Waals surface area contributed by atoms with E-state index in [1.807, 2.05) is 0 Å². The van der Waals surface area contributed by atoms with Crippen molar-refractivity contribution in [3.05, 3.63) is 57.6 Å². The second-order valence-electron chi connectivity index (χ2n) is 3.88. The lowest BCUT2D eigenvalue weighted by Crippen LogP contribution is -2.13. The lowest BCUT2D eigenvalue weighted by atomic mass is 10.2. The second-order valence-corrected chi connectivity index (χ2v) is 4.64. The van der Waals surface area contributed by atoms with Gasteiger partial charge in [-0.1, -0.05) is 23.2 Å². The normalized spacial score (nSPS) is 10.3. The van der Waals surface area contributed by atoms with Crippen LogP contribution in [0.2, 0.25) is 10.2 Å². The number of carbonyl (C=O) groups is 1. The molecule has 0 aliphatic heterocycles. The van der Waals surface area contributed by atoms with Gasteiger partial charge in [0.25, 0.3) is 5.91 Å². The molecule has 2 aromatic rings. The fourth-order valence-electron chi connectivity index (χ4n) is 1.50. The summed E-state index contributed by atoms with van der Waals surface area (Å²) < 4.78 is 13.0. The third kappa shape index (κ3) is 3.03. The Balaban J connectivity index is 2.28. The number of aromatic nitrogens is 1. The van der Waals surface area contributed by atoms with Gasteiger partial charge in [0.15, 0.2) is 5.15 Å². The predicted molar refractivity (Wildman–Crippen MR) is 73.3 cm³/mol. The molecule has 0 radical (unpaired) electrons. The molecule has 1 amide bonds. The Morgan fingerprint density at radius 3 is 2.68 bits per heavy atom. The van der Waals surface area contributed by atoms with Gasteiger partial charge in [-0.05, 0) is 36.8 Å². The fourth-order valence-corrected chi connectivity index (χ4v) is 1.93. The Kier molecular flexibility index (Phi) is 4.02. The van der Waals surface area contributed by atoms with E-state index in [0.717, 1.165) is 11.6 Å². The Labute approximate surface area is 119 Å². The summed E-state index contributed by atoms with van der Waals surface area (Å²) in [7, 11) is 0. The van der Waals surface area contributed by atoms with Crippen LogP contribution < -0.4 is 5.32 Å². The molecule has 19 heavy (non-hydrogen) atoms. The molecule has 98 valence electrons. The summed E-state index contributed by atoms with van der Waals surface area (Å²) in [5.41, 5.74) is 1.45. The maximum absolute atomic E-state index is 13.0. The zero-order valence-corrected chi connectivity index (χ0v) is 11.4. The summed E-state index contributed by atoms with van der Waals surface area (Å²) >= 11 is 11.5. The Bertz CT molecular complexity index is 626. The molecule has 0 saturated heterocycles. The first-order chi connectivity index (χ1) is 8.99. The highest BCUT2D eigenvalue weighted by molar-refractivity contribution is 6.33. The van der Waals surface area contributed by atoms with Crippen LogP contribution in [0.4, 0.5) is 10.1 Å². The van der Waals surface area contributed by atoms with Crippen molar-refractivity contribution in [1.29, 1.82) is 0 Å². The molecule has 6 heteroatoms. The lowest BCUT2D eigenvalue weighted by molar-refractivity contribution is 0.102. The van der Waals surface area contributed by atoms with Crippen LogP contribution in [0, 0.1) is 12.7 Å². The first-order valence-corrected chi connectivity index (χ1v) is 6.12. The van der Waals surface area contributed by atoms with E-state index in [1.165, 1.54) is 12.1 Å². The van der Waals surface area contributed by atoms with Crippen LogP contribution in [0.5, 0.6) is 0 Å². The van der Waals surface area contributed by atoms with E-state index in [4.69, 9.17) is 23.2 Å². The van der Waals surface area contributed by atoms with Crippen molar-refractivity contribution in [3.63, 3.8) is 0 Å². The Morgan fingerprint density at radius 2 is 2.05 bits per heavy atom. The van der Waals surface area contributed by atoms with E-state index in [-0.39, 0.29) is 15.7 Å². The van der Waals surface area contributed by atoms with Gasteiger partial charge in [-0.2, -0.15) is 0 Å². The highest BCUT2D eigenvalue weighted by Crippen LogP contribution is 2.24. The van der Waals surface area contributed by atoms with Gasteiger partial charge >= 0.3 is 0 Å². The molecule has 0 spiro atoms. The number of carbonyl (C=O) groups excluding carboxylic acids is 1. The van der Waals surface area contributed by atoms with Gasteiger partial charge in [0.2, 0.25) is 0 Å². The minimum absolute atomic E-state index is 0.110. The monoisotopic (exact) mass is 298 g/mol. The maximum Gasteiger partial charge on any atom is 0.255 e. The quantitative estimate of drug-likeness (QED) is 0.849. The number of rotatable bonds is 2. The number of nitrogens with one attached hydrogen (secondary N) is 1. The number of anilines is 1. The third-order valence-corrected chi connectivity index (χ3v) is 3.11. The molecular weight excluding hydrogens is 290 g/mol. The zero-order valence-electron chi connectivity index (χ0n) is 9.88. The van der Waals surface area contributed by atoms with E-state index < -0.39 is 11.7 Å². The van der Waals surface area contributed by atoms with Crippen LogP contribution in [-0.2, 0) is 0 Å². The molecule has 1 aromatic carbocycles. The summed E-state index contributed by atoms with van der Waals surface area (Å²) in [4.78, 5) is 15.9. The molecular formula is C13H9Cl2FN2O. The number of hydrogen-bond acceptors (Lipinski definition) is 2. The van der Waals surface area contributed by atoms with Gasteiger partial charge in [0.05, 0.1) is 10.7 Å². The van der Waals surface area contributed by atoms with Crippen molar-refractivity contribution >= 4 is 34.8 Å². The highest BCUT2D eigenvalue weighted by Gasteiger charge is 2.12. The molecule has 0 bridgehead atoms. The fraction of sp³-hybridized carbons (Fsp3) is 0.0769. The molecule has 0 saturated carbocycles. The van der Waals surface area contributed by atoms with E-state index in [2.05, 4.69) is 10.3 Å². The molecule has 0 aliphatic rings. The molecule has 0 unspecified atom stereocenters. The van der Waals surface area contributed by atoms with Crippen LogP contribution in [0.1, 0.15) is 15.9 Å². The third-order valence-electron chi connectivity index (χ3n) is 2.53. The molecule has 0 fully saturated rings. The van der Waals surface area contributed by atoms with E-state index in [1.54, 1.807) is 19.2 Å². The van der Waals surface area contributed by atoms with Crippen LogP contribution in [0.15, 0.2) is 30.5 Å². The summed E-state index contributed by atoms with van der Waals surface area (Å²) in [5, 5.41) is 2.71. The van der Waals surface area contributed by atoms with Crippen molar-refractivity contribution in [1.82, 2.24) is 4.98 Å². The number of aryl methyl sites for hydroxylation is 1. The van der Waals surface area contributed by atoms with Crippen molar-refractivity contribution in [2.24, 2.45) is 0 Å². The SMILES string of the molecule is Cc1ccnc(Cl)c1NC(=O)c1ccc(F)c(Cl)c1. The average molecular weight is 299 g/mol. The van der Waals surface area contributed by atoms with Gasteiger partial charge in [-0.15, -0.1) is 0 Å². The number of pyridine rings is 1. The molecule has 1 N–H and O–H groups in total. The molecule has 0 aliphatic carbocycles. The minimum Gasteiger partial charge on any atom is -0.319 e. The summed E-state index contributed by atoms with van der Waals surface area (Å²) in [5.74, 6) is -1.01. The smallest absolute Gasteiger partial charge is 0.255 e. The van der Waals surface area contributed by atoms with E-state index in [9.17, 15) is 9.18 Å². The highest BCUT2D eigenvalue weighted by atomic mass is 35.5. The van der Waals surface area contributed by atoms with Crippen molar-refractivity contribution in [3.8, 4) is 0 Å². The van der Waals surface area contributed by atoms with Crippen LogP contribution >= 0.6 is 23.2 Å². The molecule has 0 atom stereocenters. The summed E-state index contributed by atoms with van der Waals surface area (Å²) in [6.45, 7) is 1.79. The second kappa shape index (κ2) is 5.55. The summed E-state index contributed by atoms with van der Waals surface area (Å²) in [6.07, 6.45) is 1.54. The first-order valence-electron chi connectivity index (χ1n) is 5.36. The van der Waals surface area contributed by atoms with Crippen LogP contribution in [0.25, 0.3) is 0 Å². The Morgan fingerprint density at radius 1 is 1.32 bits per heavy atom. The molecule has 1 aromatic heterocycles. The topological polar surface area (TPSA) is 42.0 Å². The zero-order chi connectivity index (χ0) is 14.0. The van der Waals surface area contributed by atoms with Gasteiger partial charge < -0.3 is 5.32 Å². The average Bonchev–Trinajstić information content (AvgIpc) is 2.37. The van der Waals surface area contributed by atoms with Crippen LogP contribution in [-0.4, -0.2) is 10.9 Å². The molecule has 3 nitrogen and oxygen atoms in total. The number of nitrogens with zero attached hydrogens (tertiary/aromatic N) is 1. The standard InChI is InChI=1S/C13H9Cl2FN2O/c1-7-4-5-17-12(15)11(7)18-13(19)8-2-3-10(16)9(14)6-8/h2-6H,1H3,(H,18,19). The minimum atomic E-state index is -0.575. The number of halogens is 3. The molecule has 2 rings (SSSR count). The van der Waals surface area contributed by atoms with Gasteiger partial charge in [0.1, 0.15) is 5.82 Å². The number of hydrogen-bond donors (Lipinski definition) is 1. The van der Waals surface area contributed by atoms with Gasteiger partial charge in [-0.3, -0.25) is 4.79 Å². The van der Waals surface area contributed by atoms with Gasteiger partial charge in [0, 0.05) is 11.8 Å². The largest absolute Gasteiger partial charge is 0.319 e. The first kappa shape index (κ1) is 13.8. The van der Waals surface area contributed by atoms with Crippen molar-refractivity contribution in [2.45, 2.75) is 6.92 Å². The number of benzene rings is 1. The molecule has 1 heterocycles.